The normalized spacial score (nSPS) is 11.4. The van der Waals surface area contributed by atoms with Crippen LogP contribution in [0.25, 0.3) is 51.1 Å². The Labute approximate surface area is 676 Å². The molecule has 0 saturated heterocycles. The van der Waals surface area contributed by atoms with Crippen molar-refractivity contribution in [2.75, 3.05) is 42.0 Å². The molecule has 27 nitrogen and oxygen atoms in total. The third-order valence-electron chi connectivity index (χ3n) is 18.1. The molecule has 0 spiro atoms. The number of aromatic nitrogens is 10. The van der Waals surface area contributed by atoms with Gasteiger partial charge in [0.25, 0.3) is 29.5 Å². The molecule has 5 aromatic carbocycles. The number of nitrogens with one attached hydrogen (secondary N) is 5. The van der Waals surface area contributed by atoms with Crippen molar-refractivity contribution in [3.8, 4) is 5.75 Å². The number of carbonyl (C=O) groups excluding carboxylic acids is 5. The monoisotopic (exact) mass is 1640 g/mol. The van der Waals surface area contributed by atoms with Crippen molar-refractivity contribution in [2.24, 2.45) is 0 Å². The van der Waals surface area contributed by atoms with Crippen LogP contribution in [0.3, 0.4) is 0 Å². The molecule has 0 aliphatic rings. The zero-order valence-corrected chi connectivity index (χ0v) is 68.7. The van der Waals surface area contributed by atoms with Crippen molar-refractivity contribution < 1.29 is 32.9 Å². The number of aryl methyl sites for hydroxylation is 8. The maximum atomic E-state index is 12.5. The summed E-state index contributed by atoms with van der Waals surface area (Å²) in [6, 6.07) is 44.1. The van der Waals surface area contributed by atoms with Crippen molar-refractivity contribution in [2.45, 2.75) is 93.0 Å². The summed E-state index contributed by atoms with van der Waals surface area (Å²) < 4.78 is 17.0. The molecule has 15 aromatic rings. The lowest BCUT2D eigenvalue weighted by Crippen LogP contribution is -2.22. The Morgan fingerprint density at radius 1 is 0.377 bits per heavy atom. The van der Waals surface area contributed by atoms with Crippen LogP contribution in [0.2, 0.25) is 0 Å². The highest BCUT2D eigenvalue weighted by atomic mass is 32.2. The third-order valence-corrected chi connectivity index (χ3v) is 24.9. The molecule has 1 unspecified atom stereocenters. The van der Waals surface area contributed by atoms with Gasteiger partial charge in [-0.1, -0.05) is 114 Å². The zero-order valence-electron chi connectivity index (χ0n) is 63.8. The molecule has 0 fully saturated rings. The molecule has 114 heavy (non-hydrogen) atoms. The minimum absolute atomic E-state index is 0.177. The van der Waals surface area contributed by atoms with Crippen molar-refractivity contribution in [1.82, 2.24) is 77.6 Å². The van der Waals surface area contributed by atoms with Crippen molar-refractivity contribution in [3.05, 3.63) is 249 Å². The second-order valence-electron chi connectivity index (χ2n) is 26.4. The summed E-state index contributed by atoms with van der Waals surface area (Å²) in [5.74, 6) is 3.44. The number of ether oxygens (including phenoxy) is 1. The van der Waals surface area contributed by atoms with E-state index in [0.29, 0.717) is 115 Å². The van der Waals surface area contributed by atoms with E-state index in [1.165, 1.54) is 67.8 Å². The first-order valence-electron chi connectivity index (χ1n) is 35.2. The standard InChI is InChI=1S/C18H20N4O2S2.C17H18N4O2S.C17H18N4OS.C15H14N4OS.C14H12N4OS/c1-10-11(2)21-22-18-14(10)15(19)16(25-18)17(23)20-9-12-5-7-13(8-6-12)26(3,4)24;1-9-10(2)20-21-17-13(9)14(18)15(24-17)16(22)19-8-11-4-6-12(23-3)7-5-11;1-9-5-4-6-12(7-9)8-19-16(22)15-14(18)13-10(2)11(3)20-21-17(13)23-15;1-9-3-2-4-10(7-9)8-17-14(20)13-12(16)11-5-6-18-19-15(11)21-13;15-11-10-6-7-17-18-14(10)20-12(11)13(19)16-8-9-4-2-1-3-5-9/h5-8H,3,9,19H2,1-2,4H3,(H,20,23);4-7H,8,18H2,1-3H3,(H,19,22);4-7H,8,18H2,1-3H3,(H,19,22);2-7H,8,16H2,1H3,(H,17,20);1-7H,8,15H2,(H,16,19). The molecule has 15 N–H and O–H groups in total. The van der Waals surface area contributed by atoms with Gasteiger partial charge in [-0.15, -0.1) is 82.2 Å². The van der Waals surface area contributed by atoms with Gasteiger partial charge in [-0.3, -0.25) is 28.2 Å². The molecular formula is C81H82N20O7S6. The van der Waals surface area contributed by atoms with Crippen LogP contribution in [0, 0.1) is 55.4 Å². The van der Waals surface area contributed by atoms with Gasteiger partial charge in [-0.05, 0) is 152 Å². The predicted octanol–water partition coefficient (Wildman–Crippen LogP) is 13.2. The first-order chi connectivity index (χ1) is 54.6. The maximum Gasteiger partial charge on any atom is 0.263 e. The highest BCUT2D eigenvalue weighted by molar-refractivity contribution is 7.99. The van der Waals surface area contributed by atoms with Gasteiger partial charge in [0.05, 0.1) is 65.0 Å². The van der Waals surface area contributed by atoms with Crippen molar-refractivity contribution >= 4 is 181 Å². The SMILES string of the molecule is C=S(C)(=O)c1ccc(CNC(=O)c2sc3nnc(C)c(C)c3c2N)cc1.COc1ccc(CNC(=O)c2sc3nnc(C)c(C)c3c2N)cc1.Cc1cccc(CNC(=O)c2sc3nnc(C)c(C)c3c2N)c1.Cc1cccc(CNC(=O)c2sc3nnccc3c2N)c1.Nc1c(C(=O)NCc2ccccc2)sc2nnccc12. The molecule has 584 valence electrons. The summed E-state index contributed by atoms with van der Waals surface area (Å²) in [4.78, 5) is 68.4. The van der Waals surface area contributed by atoms with Crippen LogP contribution < -0.4 is 60.0 Å². The van der Waals surface area contributed by atoms with Crippen LogP contribution in [0.15, 0.2) is 157 Å². The fourth-order valence-corrected chi connectivity index (χ4v) is 17.2. The number of thiophene rings is 5. The molecule has 0 saturated carbocycles. The van der Waals surface area contributed by atoms with E-state index < -0.39 is 9.52 Å². The summed E-state index contributed by atoms with van der Waals surface area (Å²) in [6.45, 7) is 17.7. The summed E-state index contributed by atoms with van der Waals surface area (Å²) in [5.41, 5.74) is 45.6. The zero-order chi connectivity index (χ0) is 81.7. The Hall–Kier alpha value is -12.5. The summed E-state index contributed by atoms with van der Waals surface area (Å²) in [5, 5.41) is 58.7. The minimum Gasteiger partial charge on any atom is -0.497 e. The molecule has 0 bridgehead atoms. The van der Waals surface area contributed by atoms with Gasteiger partial charge >= 0.3 is 0 Å². The molecule has 5 amide bonds. The molecule has 15 rings (SSSR count). The Morgan fingerprint density at radius 3 is 1.01 bits per heavy atom. The fourth-order valence-electron chi connectivity index (χ4n) is 11.5. The number of nitrogens with zero attached hydrogens (tertiary/aromatic N) is 10. The first-order valence-corrected chi connectivity index (χ1v) is 41.4. The molecule has 10 heterocycles. The van der Waals surface area contributed by atoms with E-state index >= 15 is 0 Å². The molecule has 0 radical (unpaired) electrons. The van der Waals surface area contributed by atoms with Gasteiger partial charge in [0, 0.05) is 70.8 Å². The minimum atomic E-state index is -2.24. The van der Waals surface area contributed by atoms with E-state index in [2.05, 4.69) is 83.4 Å². The molecule has 33 heteroatoms. The van der Waals surface area contributed by atoms with E-state index in [1.807, 2.05) is 171 Å². The largest absolute Gasteiger partial charge is 0.497 e. The van der Waals surface area contributed by atoms with Crippen molar-refractivity contribution in [1.29, 1.82) is 0 Å². The summed E-state index contributed by atoms with van der Waals surface area (Å²) in [7, 11) is -0.618. The lowest BCUT2D eigenvalue weighted by Gasteiger charge is -2.07. The Bertz CT molecular complexity index is 6210. The number of anilines is 5. The van der Waals surface area contributed by atoms with Gasteiger partial charge in [0.2, 0.25) is 0 Å². The number of hydrogen-bond acceptors (Lipinski definition) is 27. The number of carbonyl (C=O) groups is 5. The van der Waals surface area contributed by atoms with Gasteiger partial charge in [0.15, 0.2) is 0 Å². The van der Waals surface area contributed by atoms with E-state index in [0.717, 1.165) is 94.3 Å². The van der Waals surface area contributed by atoms with E-state index in [-0.39, 0.29) is 29.5 Å². The van der Waals surface area contributed by atoms with Crippen LogP contribution in [0.4, 0.5) is 28.4 Å². The van der Waals surface area contributed by atoms with Crippen LogP contribution in [0.5, 0.6) is 5.75 Å². The fraction of sp³-hybridized carbons (Fsp3) is 0.185. The van der Waals surface area contributed by atoms with Crippen LogP contribution in [0.1, 0.15) is 121 Å². The number of nitrogens with two attached hydrogens (primary N) is 5. The number of methoxy groups -OCH3 is 1. The van der Waals surface area contributed by atoms with Gasteiger partial charge < -0.3 is 60.0 Å². The maximum absolute atomic E-state index is 12.5. The quantitative estimate of drug-likeness (QED) is 0.0379. The van der Waals surface area contributed by atoms with Gasteiger partial charge in [-0.25, -0.2) is 0 Å². The Kier molecular flexibility index (Phi) is 26.6. The Morgan fingerprint density at radius 2 is 0.684 bits per heavy atom. The molecule has 10 aromatic heterocycles. The van der Waals surface area contributed by atoms with E-state index in [4.69, 9.17) is 33.4 Å². The average molecular weight is 1640 g/mol. The Balaban J connectivity index is 0.000000141. The summed E-state index contributed by atoms with van der Waals surface area (Å²) in [6.07, 6.45) is 4.73. The van der Waals surface area contributed by atoms with Gasteiger partial charge in [0.1, 0.15) is 54.3 Å². The third kappa shape index (κ3) is 19.7. The second-order valence-corrected chi connectivity index (χ2v) is 33.8. The lowest BCUT2D eigenvalue weighted by molar-refractivity contribution is 0.0947. The average Bonchev–Trinajstić information content (AvgIpc) is 1.65. The highest BCUT2D eigenvalue weighted by Gasteiger charge is 2.25. The molecule has 0 aliphatic carbocycles. The number of fused-ring (bicyclic) bond motifs is 5. The smallest absolute Gasteiger partial charge is 0.263 e. The summed E-state index contributed by atoms with van der Waals surface area (Å²) >= 11 is 6.30. The molecule has 1 atom stereocenters. The molecular weight excluding hydrogens is 1560 g/mol. The number of hydrogen-bond donors (Lipinski definition) is 10. The lowest BCUT2D eigenvalue weighted by atomic mass is 10.1. The predicted molar refractivity (Wildman–Crippen MR) is 461 cm³/mol. The highest BCUT2D eigenvalue weighted by Crippen LogP contribution is 2.39. The molecule has 0 aliphatic heterocycles. The van der Waals surface area contributed by atoms with Crippen LogP contribution >= 0.6 is 56.7 Å². The number of rotatable bonds is 17. The second kappa shape index (κ2) is 36.7. The topological polar surface area (TPSA) is 431 Å². The number of nitrogen functional groups attached to an aromatic ring is 5. The van der Waals surface area contributed by atoms with Crippen molar-refractivity contribution in [3.63, 3.8) is 0 Å². The number of benzene rings is 5. The van der Waals surface area contributed by atoms with Gasteiger partial charge in [-0.2, -0.15) is 25.5 Å². The van der Waals surface area contributed by atoms with Crippen LogP contribution in [-0.4, -0.2) is 104 Å². The van der Waals surface area contributed by atoms with Crippen LogP contribution in [-0.2, 0) is 42.2 Å². The van der Waals surface area contributed by atoms with E-state index in [9.17, 15) is 28.2 Å². The first kappa shape index (κ1) is 82.4. The number of amides is 5. The van der Waals surface area contributed by atoms with E-state index in [1.54, 1.807) is 50.0 Å².